The Morgan fingerprint density at radius 2 is 1.75 bits per heavy atom. The van der Waals surface area contributed by atoms with Crippen LogP contribution in [0.3, 0.4) is 0 Å². The predicted molar refractivity (Wildman–Crippen MR) is 125 cm³/mol. The van der Waals surface area contributed by atoms with Crippen LogP contribution in [0.4, 0.5) is 18.9 Å². The molecule has 0 heterocycles. The molecule has 2 nitrogen and oxygen atoms in total. The van der Waals surface area contributed by atoms with Gasteiger partial charge in [-0.1, -0.05) is 54.6 Å². The van der Waals surface area contributed by atoms with Crippen molar-refractivity contribution in [3.8, 4) is 11.1 Å². The lowest BCUT2D eigenvalue weighted by Crippen LogP contribution is -2.04. The summed E-state index contributed by atoms with van der Waals surface area (Å²) in [5.74, 6) is 0. The summed E-state index contributed by atoms with van der Waals surface area (Å²) in [7, 11) is 0. The summed E-state index contributed by atoms with van der Waals surface area (Å²) in [6.07, 6.45) is 0.336. The van der Waals surface area contributed by atoms with Crippen molar-refractivity contribution in [1.82, 2.24) is 0 Å². The number of benzene rings is 3. The van der Waals surface area contributed by atoms with E-state index in [1.165, 1.54) is 6.07 Å². The van der Waals surface area contributed by atoms with Crippen LogP contribution in [0, 0.1) is 6.92 Å². The number of rotatable bonds is 6. The number of hydrogen-bond acceptors (Lipinski definition) is 2. The van der Waals surface area contributed by atoms with E-state index in [0.29, 0.717) is 5.56 Å². The molecule has 2 N–H and O–H groups in total. The summed E-state index contributed by atoms with van der Waals surface area (Å²) in [6.45, 7) is 5.60. The van der Waals surface area contributed by atoms with Gasteiger partial charge in [0.2, 0.25) is 0 Å². The fourth-order valence-corrected chi connectivity index (χ4v) is 3.47. The molecule has 0 aromatic heterocycles. The lowest BCUT2D eigenvalue weighted by molar-refractivity contribution is -0.137. The molecule has 0 aliphatic rings. The molecule has 0 aliphatic carbocycles. The van der Waals surface area contributed by atoms with E-state index in [1.807, 2.05) is 62.4 Å². The van der Waals surface area contributed by atoms with E-state index in [0.717, 1.165) is 45.8 Å². The van der Waals surface area contributed by atoms with Crippen LogP contribution in [0.1, 0.15) is 42.2 Å². The molecule has 0 aliphatic heterocycles. The van der Waals surface area contributed by atoms with Gasteiger partial charge in [0, 0.05) is 11.4 Å². The first-order valence-electron chi connectivity index (χ1n) is 10.4. The first-order chi connectivity index (χ1) is 15.2. The third-order valence-electron chi connectivity index (χ3n) is 5.21. The maximum absolute atomic E-state index is 12.9. The van der Waals surface area contributed by atoms with Gasteiger partial charge < -0.3 is 10.4 Å². The molecule has 166 valence electrons. The molecule has 0 spiro atoms. The van der Waals surface area contributed by atoms with Crippen LogP contribution in [0.15, 0.2) is 84.6 Å². The van der Waals surface area contributed by atoms with Gasteiger partial charge in [0.1, 0.15) is 0 Å². The van der Waals surface area contributed by atoms with Crippen LogP contribution >= 0.6 is 0 Å². The fourth-order valence-electron chi connectivity index (χ4n) is 3.47. The van der Waals surface area contributed by atoms with Crippen molar-refractivity contribution in [2.75, 3.05) is 5.32 Å². The van der Waals surface area contributed by atoms with E-state index in [1.54, 1.807) is 25.1 Å². The number of anilines is 1. The van der Waals surface area contributed by atoms with E-state index in [2.05, 4.69) is 5.32 Å². The maximum Gasteiger partial charge on any atom is 0.416 e. The molecule has 0 radical (unpaired) electrons. The van der Waals surface area contributed by atoms with Crippen molar-refractivity contribution in [3.05, 3.63) is 107 Å². The zero-order valence-electron chi connectivity index (χ0n) is 18.2. The Labute approximate surface area is 186 Å². The van der Waals surface area contributed by atoms with Crippen LogP contribution < -0.4 is 5.32 Å². The molecule has 1 unspecified atom stereocenters. The van der Waals surface area contributed by atoms with E-state index in [9.17, 15) is 18.3 Å². The molecule has 5 heteroatoms. The second-order valence-corrected chi connectivity index (χ2v) is 7.62. The van der Waals surface area contributed by atoms with Gasteiger partial charge in [-0.05, 0) is 78.9 Å². The first-order valence-corrected chi connectivity index (χ1v) is 10.4. The topological polar surface area (TPSA) is 32.3 Å². The van der Waals surface area contributed by atoms with Gasteiger partial charge in [-0.2, -0.15) is 13.2 Å². The Morgan fingerprint density at radius 3 is 2.41 bits per heavy atom. The number of aliphatic hydroxyl groups excluding tert-OH is 1. The van der Waals surface area contributed by atoms with Gasteiger partial charge in [0.25, 0.3) is 0 Å². The van der Waals surface area contributed by atoms with Crippen LogP contribution in [-0.2, 0) is 6.18 Å². The SMILES string of the molecule is C/C=C(/C=C/c1cccc(C(F)(F)F)c1)Nc1ccc(-c2ccccc2C(C)O)cc1C. The van der Waals surface area contributed by atoms with Crippen LogP contribution in [0.25, 0.3) is 17.2 Å². The summed E-state index contributed by atoms with van der Waals surface area (Å²) >= 11 is 0. The largest absolute Gasteiger partial charge is 0.416 e. The van der Waals surface area contributed by atoms with Gasteiger partial charge in [-0.15, -0.1) is 0 Å². The second kappa shape index (κ2) is 9.88. The number of aryl methyl sites for hydroxylation is 1. The maximum atomic E-state index is 12.9. The Morgan fingerprint density at radius 1 is 1.00 bits per heavy atom. The van der Waals surface area contributed by atoms with Crippen molar-refractivity contribution in [2.24, 2.45) is 0 Å². The molecule has 0 fully saturated rings. The number of nitrogens with one attached hydrogen (secondary N) is 1. The first kappa shape index (κ1) is 23.4. The standard InChI is InChI=1S/C27H26F3NO/c1-4-23(14-12-20-8-7-9-22(17-20)27(28,29)30)31-26-15-13-21(16-18(26)2)25-11-6-5-10-24(25)19(3)32/h4-17,19,31-32H,1-3H3/b14-12+,23-4-. The average molecular weight is 438 g/mol. The third-order valence-corrected chi connectivity index (χ3v) is 5.21. The number of alkyl halides is 3. The Balaban J connectivity index is 1.80. The predicted octanol–water partition coefficient (Wildman–Crippen LogP) is 7.76. The number of hydrogen-bond donors (Lipinski definition) is 2. The number of allylic oxidation sites excluding steroid dienone is 2. The molecule has 3 aromatic carbocycles. The number of halogens is 3. The number of aliphatic hydroxyl groups is 1. The minimum Gasteiger partial charge on any atom is -0.389 e. The summed E-state index contributed by atoms with van der Waals surface area (Å²) in [5.41, 5.74) is 5.33. The Hall–Kier alpha value is -3.31. The quantitative estimate of drug-likeness (QED) is 0.386. The fraction of sp³-hybridized carbons (Fsp3) is 0.185. The highest BCUT2D eigenvalue weighted by Crippen LogP contribution is 2.32. The minimum atomic E-state index is -4.36. The molecule has 3 rings (SSSR count). The van der Waals surface area contributed by atoms with E-state index in [4.69, 9.17) is 0 Å². The van der Waals surface area contributed by atoms with Crippen molar-refractivity contribution >= 4 is 11.8 Å². The lowest BCUT2D eigenvalue weighted by Gasteiger charge is -2.15. The van der Waals surface area contributed by atoms with Crippen LogP contribution in [0.2, 0.25) is 0 Å². The van der Waals surface area contributed by atoms with Crippen molar-refractivity contribution in [2.45, 2.75) is 33.1 Å². The molecule has 0 amide bonds. The highest BCUT2D eigenvalue weighted by atomic mass is 19.4. The molecule has 0 saturated heterocycles. The smallest absolute Gasteiger partial charge is 0.389 e. The van der Waals surface area contributed by atoms with Crippen molar-refractivity contribution in [1.29, 1.82) is 0 Å². The lowest BCUT2D eigenvalue weighted by atomic mass is 9.95. The molecule has 32 heavy (non-hydrogen) atoms. The van der Waals surface area contributed by atoms with Gasteiger partial charge in [0.15, 0.2) is 0 Å². The molecule has 1 atom stereocenters. The Bertz CT molecular complexity index is 1140. The molecular weight excluding hydrogens is 411 g/mol. The van der Waals surface area contributed by atoms with Crippen molar-refractivity contribution in [3.63, 3.8) is 0 Å². The Kier molecular flexibility index (Phi) is 7.21. The van der Waals surface area contributed by atoms with E-state index >= 15 is 0 Å². The molecular formula is C27H26F3NO. The zero-order valence-corrected chi connectivity index (χ0v) is 18.2. The van der Waals surface area contributed by atoms with Gasteiger partial charge >= 0.3 is 6.18 Å². The molecule has 3 aromatic rings. The van der Waals surface area contributed by atoms with Gasteiger partial charge in [0.05, 0.1) is 11.7 Å². The monoisotopic (exact) mass is 437 g/mol. The van der Waals surface area contributed by atoms with Gasteiger partial charge in [-0.3, -0.25) is 0 Å². The summed E-state index contributed by atoms with van der Waals surface area (Å²) in [6, 6.07) is 19.0. The normalized spacial score (nSPS) is 13.4. The zero-order chi connectivity index (χ0) is 23.3. The third kappa shape index (κ3) is 5.68. The second-order valence-electron chi connectivity index (χ2n) is 7.62. The summed E-state index contributed by atoms with van der Waals surface area (Å²) in [5, 5.41) is 13.4. The average Bonchev–Trinajstić information content (AvgIpc) is 2.77. The highest BCUT2D eigenvalue weighted by Gasteiger charge is 2.30. The van der Waals surface area contributed by atoms with Crippen LogP contribution in [-0.4, -0.2) is 5.11 Å². The minimum absolute atomic E-state index is 0.475. The van der Waals surface area contributed by atoms with E-state index < -0.39 is 17.8 Å². The van der Waals surface area contributed by atoms with Crippen molar-refractivity contribution < 1.29 is 18.3 Å². The molecule has 0 bridgehead atoms. The summed E-state index contributed by atoms with van der Waals surface area (Å²) in [4.78, 5) is 0. The molecule has 0 saturated carbocycles. The summed E-state index contributed by atoms with van der Waals surface area (Å²) < 4.78 is 38.8. The van der Waals surface area contributed by atoms with Gasteiger partial charge in [-0.25, -0.2) is 0 Å². The highest BCUT2D eigenvalue weighted by molar-refractivity contribution is 5.72. The van der Waals surface area contributed by atoms with Crippen LogP contribution in [0.5, 0.6) is 0 Å². The van der Waals surface area contributed by atoms with E-state index in [-0.39, 0.29) is 0 Å².